The summed E-state index contributed by atoms with van der Waals surface area (Å²) < 4.78 is 16.9. The number of methoxy groups -OCH3 is 2. The molecule has 0 radical (unpaired) electrons. The quantitative estimate of drug-likeness (QED) is 0.770. The van der Waals surface area contributed by atoms with Gasteiger partial charge < -0.3 is 19.5 Å². The van der Waals surface area contributed by atoms with Gasteiger partial charge in [0.05, 0.1) is 11.6 Å². The van der Waals surface area contributed by atoms with Crippen LogP contribution >= 0.6 is 11.8 Å². The van der Waals surface area contributed by atoms with E-state index in [0.29, 0.717) is 5.92 Å². The standard InChI is InChI=1S/C13H25NO3S/c1-14-11(12(15-2)16-3)10-4-6-17-13(8-10)5-7-18-9-13/h10-12,14H,4-9H2,1-3H3. The van der Waals surface area contributed by atoms with Crippen LogP contribution in [0.5, 0.6) is 0 Å². The van der Waals surface area contributed by atoms with Crippen molar-refractivity contribution >= 4 is 11.8 Å². The molecule has 0 amide bonds. The van der Waals surface area contributed by atoms with Crippen molar-refractivity contribution in [3.63, 3.8) is 0 Å². The van der Waals surface area contributed by atoms with Gasteiger partial charge in [-0.1, -0.05) is 0 Å². The molecular formula is C13H25NO3S. The van der Waals surface area contributed by atoms with E-state index in [9.17, 15) is 0 Å². The molecule has 2 heterocycles. The molecule has 4 nitrogen and oxygen atoms in total. The predicted octanol–water partition coefficient (Wildman–Crippen LogP) is 1.50. The third-order valence-electron chi connectivity index (χ3n) is 4.20. The molecule has 0 aromatic rings. The van der Waals surface area contributed by atoms with Crippen LogP contribution in [0.3, 0.4) is 0 Å². The van der Waals surface area contributed by atoms with E-state index in [4.69, 9.17) is 14.2 Å². The molecule has 2 saturated heterocycles. The maximum atomic E-state index is 6.07. The van der Waals surface area contributed by atoms with E-state index < -0.39 is 0 Å². The molecule has 0 aromatic carbocycles. The molecular weight excluding hydrogens is 250 g/mol. The summed E-state index contributed by atoms with van der Waals surface area (Å²) in [6, 6.07) is 0.242. The Labute approximate surface area is 114 Å². The highest BCUT2D eigenvalue weighted by atomic mass is 32.2. The van der Waals surface area contributed by atoms with Crippen molar-refractivity contribution in [2.24, 2.45) is 5.92 Å². The van der Waals surface area contributed by atoms with Crippen LogP contribution in [0, 0.1) is 5.92 Å². The van der Waals surface area contributed by atoms with Gasteiger partial charge in [0.15, 0.2) is 6.29 Å². The largest absolute Gasteiger partial charge is 0.374 e. The summed E-state index contributed by atoms with van der Waals surface area (Å²) in [6.45, 7) is 0.865. The molecule has 5 heteroatoms. The third kappa shape index (κ3) is 3.02. The second-order valence-corrected chi connectivity index (χ2v) is 6.35. The minimum Gasteiger partial charge on any atom is -0.374 e. The lowest BCUT2D eigenvalue weighted by Crippen LogP contribution is -2.51. The van der Waals surface area contributed by atoms with Crippen LogP contribution in [-0.4, -0.2) is 57.3 Å². The predicted molar refractivity (Wildman–Crippen MR) is 74.0 cm³/mol. The highest BCUT2D eigenvalue weighted by Crippen LogP contribution is 2.41. The number of thioether (sulfide) groups is 1. The van der Waals surface area contributed by atoms with Gasteiger partial charge in [0.1, 0.15) is 0 Å². The first-order valence-electron chi connectivity index (χ1n) is 6.69. The first-order valence-corrected chi connectivity index (χ1v) is 7.85. The molecule has 1 N–H and O–H groups in total. The highest BCUT2D eigenvalue weighted by molar-refractivity contribution is 7.99. The molecule has 2 aliphatic heterocycles. The summed E-state index contributed by atoms with van der Waals surface area (Å²) in [5, 5.41) is 3.37. The van der Waals surface area contributed by atoms with Gasteiger partial charge in [0.25, 0.3) is 0 Å². The molecule has 2 aliphatic rings. The van der Waals surface area contributed by atoms with Gasteiger partial charge in [-0.05, 0) is 38.0 Å². The molecule has 0 saturated carbocycles. The molecule has 3 atom stereocenters. The average molecular weight is 275 g/mol. The highest BCUT2D eigenvalue weighted by Gasteiger charge is 2.43. The SMILES string of the molecule is CNC(C1CCOC2(CCSC2)C1)C(OC)OC. The lowest BCUT2D eigenvalue weighted by atomic mass is 9.81. The first kappa shape index (κ1) is 14.6. The number of hydrogen-bond donors (Lipinski definition) is 1. The van der Waals surface area contributed by atoms with Crippen LogP contribution < -0.4 is 5.32 Å². The number of hydrogen-bond acceptors (Lipinski definition) is 5. The summed E-state index contributed by atoms with van der Waals surface area (Å²) in [6.07, 6.45) is 3.22. The van der Waals surface area contributed by atoms with E-state index >= 15 is 0 Å². The first-order chi connectivity index (χ1) is 8.74. The molecule has 2 fully saturated rings. The maximum Gasteiger partial charge on any atom is 0.172 e. The van der Waals surface area contributed by atoms with Crippen molar-refractivity contribution < 1.29 is 14.2 Å². The number of nitrogens with one attached hydrogen (secondary N) is 1. The summed E-state index contributed by atoms with van der Waals surface area (Å²) in [7, 11) is 5.40. The molecule has 2 rings (SSSR count). The normalized spacial score (nSPS) is 34.3. The fourth-order valence-electron chi connectivity index (χ4n) is 3.22. The molecule has 3 unspecified atom stereocenters. The molecule has 106 valence electrons. The van der Waals surface area contributed by atoms with Crippen molar-refractivity contribution in [1.82, 2.24) is 5.32 Å². The minimum absolute atomic E-state index is 0.120. The van der Waals surface area contributed by atoms with Crippen molar-refractivity contribution in [1.29, 1.82) is 0 Å². The maximum absolute atomic E-state index is 6.07. The molecule has 18 heavy (non-hydrogen) atoms. The Bertz CT molecular complexity index is 255. The van der Waals surface area contributed by atoms with Crippen molar-refractivity contribution in [3.05, 3.63) is 0 Å². The van der Waals surface area contributed by atoms with Crippen LogP contribution in [0.25, 0.3) is 0 Å². The number of ether oxygens (including phenoxy) is 3. The number of rotatable bonds is 5. The zero-order chi connectivity index (χ0) is 13.0. The van der Waals surface area contributed by atoms with Gasteiger partial charge in [-0.15, -0.1) is 0 Å². The van der Waals surface area contributed by atoms with Gasteiger partial charge in [-0.2, -0.15) is 11.8 Å². The van der Waals surface area contributed by atoms with E-state index in [1.807, 2.05) is 18.8 Å². The smallest absolute Gasteiger partial charge is 0.172 e. The van der Waals surface area contributed by atoms with Crippen molar-refractivity contribution in [3.8, 4) is 0 Å². The molecule has 0 bridgehead atoms. The lowest BCUT2D eigenvalue weighted by molar-refractivity contribution is -0.153. The fourth-order valence-corrected chi connectivity index (χ4v) is 4.60. The molecule has 0 aromatic heterocycles. The Morgan fingerprint density at radius 2 is 2.17 bits per heavy atom. The summed E-state index contributed by atoms with van der Waals surface area (Å²) in [5.41, 5.74) is 0.120. The molecule has 1 spiro atoms. The van der Waals surface area contributed by atoms with Gasteiger partial charge in [-0.25, -0.2) is 0 Å². The Morgan fingerprint density at radius 1 is 1.39 bits per heavy atom. The Balaban J connectivity index is 2.01. The van der Waals surface area contributed by atoms with Gasteiger partial charge in [0.2, 0.25) is 0 Å². The minimum atomic E-state index is -0.177. The van der Waals surface area contributed by atoms with Crippen LogP contribution in [-0.2, 0) is 14.2 Å². The Morgan fingerprint density at radius 3 is 2.72 bits per heavy atom. The number of likely N-dealkylation sites (N-methyl/N-ethyl adjacent to an activating group) is 1. The van der Waals surface area contributed by atoms with E-state index in [-0.39, 0.29) is 17.9 Å². The monoisotopic (exact) mass is 275 g/mol. The van der Waals surface area contributed by atoms with E-state index in [2.05, 4.69) is 5.32 Å². The Kier molecular flexibility index (Phi) is 5.33. The van der Waals surface area contributed by atoms with E-state index in [1.165, 1.54) is 12.2 Å². The van der Waals surface area contributed by atoms with Crippen LogP contribution in [0.15, 0.2) is 0 Å². The van der Waals surface area contributed by atoms with Crippen molar-refractivity contribution in [2.75, 3.05) is 39.4 Å². The van der Waals surface area contributed by atoms with Crippen LogP contribution in [0.4, 0.5) is 0 Å². The third-order valence-corrected chi connectivity index (χ3v) is 5.42. The Hall–Kier alpha value is 0.190. The summed E-state index contributed by atoms with van der Waals surface area (Å²) >= 11 is 2.01. The average Bonchev–Trinajstić information content (AvgIpc) is 2.83. The lowest BCUT2D eigenvalue weighted by Gasteiger charge is -2.42. The van der Waals surface area contributed by atoms with E-state index in [0.717, 1.165) is 25.2 Å². The fraction of sp³-hybridized carbons (Fsp3) is 1.00. The zero-order valence-corrected chi connectivity index (χ0v) is 12.4. The second-order valence-electron chi connectivity index (χ2n) is 5.24. The topological polar surface area (TPSA) is 39.7 Å². The van der Waals surface area contributed by atoms with Crippen LogP contribution in [0.2, 0.25) is 0 Å². The van der Waals surface area contributed by atoms with E-state index in [1.54, 1.807) is 14.2 Å². The molecule has 0 aliphatic carbocycles. The van der Waals surface area contributed by atoms with Gasteiger partial charge in [0, 0.05) is 26.6 Å². The second kappa shape index (κ2) is 6.57. The van der Waals surface area contributed by atoms with Gasteiger partial charge >= 0.3 is 0 Å². The summed E-state index contributed by atoms with van der Waals surface area (Å²) in [4.78, 5) is 0. The van der Waals surface area contributed by atoms with Crippen molar-refractivity contribution in [2.45, 2.75) is 37.2 Å². The van der Waals surface area contributed by atoms with Crippen LogP contribution in [0.1, 0.15) is 19.3 Å². The zero-order valence-electron chi connectivity index (χ0n) is 11.6. The van der Waals surface area contributed by atoms with Gasteiger partial charge in [-0.3, -0.25) is 0 Å². The summed E-state index contributed by atoms with van der Waals surface area (Å²) in [5.74, 6) is 2.94.